The minimum absolute atomic E-state index is 0.0838. The molecule has 1 aromatic carbocycles. The molecule has 0 spiro atoms. The highest BCUT2D eigenvalue weighted by Gasteiger charge is 2.36. The molecule has 2 heterocycles. The van der Waals surface area contributed by atoms with Gasteiger partial charge in [-0.25, -0.2) is 0 Å². The SMILES string of the molecule is CC[C@H](C)NC(=O)[C@@H]1CSCN1C(=O)c1ccc(-c2ccccc2Cl)o1. The summed E-state index contributed by atoms with van der Waals surface area (Å²) in [5.74, 6) is 1.41. The van der Waals surface area contributed by atoms with Gasteiger partial charge in [0.2, 0.25) is 5.91 Å². The quantitative estimate of drug-likeness (QED) is 0.834. The van der Waals surface area contributed by atoms with Crippen LogP contribution in [-0.2, 0) is 4.79 Å². The van der Waals surface area contributed by atoms with E-state index in [0.717, 1.165) is 12.0 Å². The summed E-state index contributed by atoms with van der Waals surface area (Å²) in [6.45, 7) is 3.96. The van der Waals surface area contributed by atoms with Crippen LogP contribution in [0.25, 0.3) is 11.3 Å². The third-order valence-electron chi connectivity index (χ3n) is 4.40. The van der Waals surface area contributed by atoms with Crippen LogP contribution in [0.5, 0.6) is 0 Å². The summed E-state index contributed by atoms with van der Waals surface area (Å²) in [7, 11) is 0. The summed E-state index contributed by atoms with van der Waals surface area (Å²) >= 11 is 7.75. The van der Waals surface area contributed by atoms with E-state index in [1.807, 2.05) is 32.0 Å². The smallest absolute Gasteiger partial charge is 0.290 e. The van der Waals surface area contributed by atoms with Crippen LogP contribution in [0.1, 0.15) is 30.8 Å². The van der Waals surface area contributed by atoms with Crippen LogP contribution in [-0.4, -0.2) is 40.4 Å². The van der Waals surface area contributed by atoms with Gasteiger partial charge in [-0.1, -0.05) is 30.7 Å². The number of hydrogen-bond donors (Lipinski definition) is 1. The molecular weight excluding hydrogens is 372 g/mol. The highest BCUT2D eigenvalue weighted by atomic mass is 35.5. The van der Waals surface area contributed by atoms with E-state index in [1.54, 1.807) is 34.9 Å². The van der Waals surface area contributed by atoms with E-state index in [9.17, 15) is 9.59 Å². The second kappa shape index (κ2) is 8.18. The van der Waals surface area contributed by atoms with Gasteiger partial charge in [0.1, 0.15) is 11.8 Å². The van der Waals surface area contributed by atoms with Crippen molar-refractivity contribution >= 4 is 35.2 Å². The van der Waals surface area contributed by atoms with E-state index in [1.165, 1.54) is 0 Å². The molecule has 3 rings (SSSR count). The number of halogens is 1. The zero-order valence-corrected chi connectivity index (χ0v) is 16.3. The number of carbonyl (C=O) groups is 2. The van der Waals surface area contributed by atoms with Gasteiger partial charge in [0.25, 0.3) is 5.91 Å². The number of rotatable bonds is 5. The summed E-state index contributed by atoms with van der Waals surface area (Å²) in [5, 5.41) is 3.51. The summed E-state index contributed by atoms with van der Waals surface area (Å²) in [6.07, 6.45) is 0.846. The topological polar surface area (TPSA) is 62.6 Å². The largest absolute Gasteiger partial charge is 0.451 e. The Bertz CT molecular complexity index is 808. The maximum atomic E-state index is 12.9. The second-order valence-electron chi connectivity index (χ2n) is 6.25. The van der Waals surface area contributed by atoms with Gasteiger partial charge < -0.3 is 14.6 Å². The Hall–Kier alpha value is -1.92. The Morgan fingerprint density at radius 3 is 2.85 bits per heavy atom. The average molecular weight is 393 g/mol. The number of nitrogens with zero attached hydrogens (tertiary/aromatic N) is 1. The van der Waals surface area contributed by atoms with Gasteiger partial charge in [0.05, 0.1) is 10.9 Å². The Labute approximate surface area is 162 Å². The Morgan fingerprint density at radius 2 is 2.12 bits per heavy atom. The minimum atomic E-state index is -0.477. The molecule has 1 aliphatic heterocycles. The fourth-order valence-corrected chi connectivity index (χ4v) is 4.08. The number of nitrogens with one attached hydrogen (secondary N) is 1. The van der Waals surface area contributed by atoms with E-state index >= 15 is 0 Å². The number of hydrogen-bond acceptors (Lipinski definition) is 4. The summed E-state index contributed by atoms with van der Waals surface area (Å²) < 4.78 is 5.74. The summed E-state index contributed by atoms with van der Waals surface area (Å²) in [6, 6.07) is 10.3. The minimum Gasteiger partial charge on any atom is -0.451 e. The molecule has 0 saturated carbocycles. The van der Waals surface area contributed by atoms with Gasteiger partial charge >= 0.3 is 0 Å². The van der Waals surface area contributed by atoms with E-state index in [-0.39, 0.29) is 23.6 Å². The lowest BCUT2D eigenvalue weighted by Crippen LogP contribution is -2.49. The Kier molecular flexibility index (Phi) is 5.94. The maximum absolute atomic E-state index is 12.9. The van der Waals surface area contributed by atoms with E-state index in [4.69, 9.17) is 16.0 Å². The molecule has 1 fully saturated rings. The molecule has 0 radical (unpaired) electrons. The molecule has 0 aliphatic carbocycles. The van der Waals surface area contributed by atoms with Crippen molar-refractivity contribution in [2.24, 2.45) is 0 Å². The van der Waals surface area contributed by atoms with Gasteiger partial charge in [-0.2, -0.15) is 0 Å². The van der Waals surface area contributed by atoms with E-state index < -0.39 is 6.04 Å². The zero-order valence-electron chi connectivity index (χ0n) is 14.7. The maximum Gasteiger partial charge on any atom is 0.290 e. The molecule has 1 aliphatic rings. The van der Waals surface area contributed by atoms with Gasteiger partial charge in [-0.05, 0) is 37.6 Å². The fourth-order valence-electron chi connectivity index (χ4n) is 2.70. The number of thioether (sulfide) groups is 1. The predicted octanol–water partition coefficient (Wildman–Crippen LogP) is 4.03. The third-order valence-corrected chi connectivity index (χ3v) is 5.74. The third kappa shape index (κ3) is 3.91. The zero-order chi connectivity index (χ0) is 18.7. The van der Waals surface area contributed by atoms with E-state index in [0.29, 0.717) is 22.4 Å². The molecule has 138 valence electrons. The molecule has 2 amide bonds. The number of carbonyl (C=O) groups excluding carboxylic acids is 2. The van der Waals surface area contributed by atoms with Crippen LogP contribution in [0.3, 0.4) is 0 Å². The average Bonchev–Trinajstić information content (AvgIpc) is 3.31. The molecule has 0 bridgehead atoms. The van der Waals surface area contributed by atoms with Gasteiger partial charge in [0.15, 0.2) is 5.76 Å². The fraction of sp³-hybridized carbons (Fsp3) is 0.368. The number of amides is 2. The molecule has 7 heteroatoms. The molecule has 2 aromatic rings. The van der Waals surface area contributed by atoms with Crippen molar-refractivity contribution in [3.63, 3.8) is 0 Å². The highest BCUT2D eigenvalue weighted by molar-refractivity contribution is 7.99. The molecule has 1 aromatic heterocycles. The standard InChI is InChI=1S/C19H21ClN2O3S/c1-3-12(2)21-18(23)15-10-26-11-22(15)19(24)17-9-8-16(25-17)13-6-4-5-7-14(13)20/h4-9,12,15H,3,10-11H2,1-2H3,(H,21,23)/t12-,15-/m0/s1. The first-order valence-electron chi connectivity index (χ1n) is 8.55. The summed E-state index contributed by atoms with van der Waals surface area (Å²) in [5.41, 5.74) is 0.732. The first-order chi connectivity index (χ1) is 12.5. The lowest BCUT2D eigenvalue weighted by atomic mass is 10.2. The Morgan fingerprint density at radius 1 is 1.35 bits per heavy atom. The predicted molar refractivity (Wildman–Crippen MR) is 104 cm³/mol. The van der Waals surface area contributed by atoms with Crippen LogP contribution in [0.4, 0.5) is 0 Å². The highest BCUT2D eigenvalue weighted by Crippen LogP contribution is 2.30. The lowest BCUT2D eigenvalue weighted by Gasteiger charge is -2.23. The first kappa shape index (κ1) is 18.9. The van der Waals surface area contributed by atoms with Crippen LogP contribution in [0.15, 0.2) is 40.8 Å². The summed E-state index contributed by atoms with van der Waals surface area (Å²) in [4.78, 5) is 26.9. The van der Waals surface area contributed by atoms with Crippen molar-refractivity contribution in [1.29, 1.82) is 0 Å². The monoisotopic (exact) mass is 392 g/mol. The molecular formula is C19H21ClN2O3S. The van der Waals surface area contributed by atoms with Crippen molar-refractivity contribution < 1.29 is 14.0 Å². The molecule has 1 N–H and O–H groups in total. The van der Waals surface area contributed by atoms with Crippen LogP contribution >= 0.6 is 23.4 Å². The van der Waals surface area contributed by atoms with Crippen molar-refractivity contribution in [1.82, 2.24) is 10.2 Å². The van der Waals surface area contributed by atoms with Crippen molar-refractivity contribution in [2.45, 2.75) is 32.4 Å². The Balaban J connectivity index is 1.77. The van der Waals surface area contributed by atoms with Crippen LogP contribution in [0.2, 0.25) is 5.02 Å². The van der Waals surface area contributed by atoms with Gasteiger partial charge in [0, 0.05) is 17.4 Å². The molecule has 0 unspecified atom stereocenters. The lowest BCUT2D eigenvalue weighted by molar-refractivity contribution is -0.125. The number of furan rings is 1. The first-order valence-corrected chi connectivity index (χ1v) is 10.1. The second-order valence-corrected chi connectivity index (χ2v) is 7.66. The van der Waals surface area contributed by atoms with Crippen molar-refractivity contribution in [2.75, 3.05) is 11.6 Å². The molecule has 5 nitrogen and oxygen atoms in total. The van der Waals surface area contributed by atoms with E-state index in [2.05, 4.69) is 5.32 Å². The molecule has 1 saturated heterocycles. The molecule has 2 atom stereocenters. The van der Waals surface area contributed by atoms with Crippen molar-refractivity contribution in [3.05, 3.63) is 47.2 Å². The molecule has 26 heavy (non-hydrogen) atoms. The normalized spacial score (nSPS) is 18.0. The number of benzene rings is 1. The van der Waals surface area contributed by atoms with Crippen LogP contribution in [0, 0.1) is 0 Å². The van der Waals surface area contributed by atoms with Crippen LogP contribution < -0.4 is 5.32 Å². The van der Waals surface area contributed by atoms with Gasteiger partial charge in [-0.15, -0.1) is 11.8 Å². The van der Waals surface area contributed by atoms with Gasteiger partial charge in [-0.3, -0.25) is 9.59 Å². The van der Waals surface area contributed by atoms with Crippen molar-refractivity contribution in [3.8, 4) is 11.3 Å².